The van der Waals surface area contributed by atoms with E-state index in [0.717, 1.165) is 48.8 Å². The fourth-order valence-electron chi connectivity index (χ4n) is 5.26. The van der Waals surface area contributed by atoms with Crippen LogP contribution in [-0.2, 0) is 11.8 Å². The Balaban J connectivity index is 1.32. The van der Waals surface area contributed by atoms with Gasteiger partial charge in [-0.05, 0) is 49.4 Å². The van der Waals surface area contributed by atoms with E-state index in [4.69, 9.17) is 28.8 Å². The van der Waals surface area contributed by atoms with Crippen LogP contribution in [0.1, 0.15) is 30.9 Å². The molecule has 2 atom stereocenters. The first kappa shape index (κ1) is 23.9. The smallest absolute Gasteiger partial charge is 0.158 e. The quantitative estimate of drug-likeness (QED) is 0.322. The normalized spacial score (nSPS) is 19.5. The summed E-state index contributed by atoms with van der Waals surface area (Å²) in [6.45, 7) is 3.32. The summed E-state index contributed by atoms with van der Waals surface area (Å²) in [6.07, 6.45) is 5.34. The van der Waals surface area contributed by atoms with Gasteiger partial charge >= 0.3 is 0 Å². The highest BCUT2D eigenvalue weighted by Crippen LogP contribution is 2.48. The minimum atomic E-state index is -0.617. The molecule has 11 heteroatoms. The number of fused-ring (bicyclic) bond motifs is 2. The molecular weight excluding hydrogens is 484 g/mol. The van der Waals surface area contributed by atoms with Crippen molar-refractivity contribution in [3.63, 3.8) is 0 Å². The molecule has 9 nitrogen and oxygen atoms in total. The number of hydrogen-bond acceptors (Lipinski definition) is 10. The molecule has 1 aliphatic heterocycles. The number of aromatic nitrogens is 3. The summed E-state index contributed by atoms with van der Waals surface area (Å²) < 4.78 is 0. The number of nitrogens with one attached hydrogen (secondary N) is 1. The molecule has 1 aromatic carbocycles. The second kappa shape index (κ2) is 9.34. The van der Waals surface area contributed by atoms with Gasteiger partial charge in [-0.15, -0.1) is 0 Å². The lowest BCUT2D eigenvalue weighted by Gasteiger charge is -2.43. The summed E-state index contributed by atoms with van der Waals surface area (Å²) in [7, 11) is 0. The lowest BCUT2D eigenvalue weighted by Crippen LogP contribution is -2.50. The number of aliphatic hydroxyl groups is 1. The van der Waals surface area contributed by atoms with Gasteiger partial charge in [-0.3, -0.25) is 0 Å². The van der Waals surface area contributed by atoms with Crippen LogP contribution in [0, 0.1) is 0 Å². The van der Waals surface area contributed by atoms with Gasteiger partial charge in [-0.2, -0.15) is 0 Å². The maximum Gasteiger partial charge on any atom is 0.158 e. The third-order valence-corrected chi connectivity index (χ3v) is 8.61. The van der Waals surface area contributed by atoms with E-state index in [-0.39, 0.29) is 17.3 Å². The first-order valence-corrected chi connectivity index (χ1v) is 12.8. The zero-order valence-corrected chi connectivity index (χ0v) is 21.0. The lowest BCUT2D eigenvalue weighted by molar-refractivity contribution is 0.224. The van der Waals surface area contributed by atoms with Crippen molar-refractivity contribution in [2.75, 3.05) is 34.8 Å². The summed E-state index contributed by atoms with van der Waals surface area (Å²) in [6, 6.07) is 8.04. The van der Waals surface area contributed by atoms with Crippen molar-refractivity contribution >= 4 is 46.5 Å². The molecule has 1 aliphatic carbocycles. The molecule has 2 aliphatic rings. The van der Waals surface area contributed by atoms with Gasteiger partial charge in [0.15, 0.2) is 5.82 Å². The molecule has 0 radical (unpaired) electrons. The Morgan fingerprint density at radius 1 is 1.20 bits per heavy atom. The number of hydrogen-bond donors (Lipinski definition) is 5. The SMILES string of the molecule is CC(O)Nc1cccc2c1C[C@@H](N)C21CCN(c2cnc(Sc3ccnc(N)c3Cl)c(N)n2)CC1. The van der Waals surface area contributed by atoms with Crippen LogP contribution in [0.15, 0.2) is 46.6 Å². The van der Waals surface area contributed by atoms with E-state index in [1.807, 2.05) is 12.1 Å². The van der Waals surface area contributed by atoms with E-state index in [1.165, 1.54) is 22.9 Å². The van der Waals surface area contributed by atoms with Crippen LogP contribution in [0.3, 0.4) is 0 Å². The molecule has 0 amide bonds. The molecule has 8 N–H and O–H groups in total. The molecule has 3 aromatic rings. The molecule has 1 spiro atoms. The Morgan fingerprint density at radius 3 is 2.69 bits per heavy atom. The molecule has 35 heavy (non-hydrogen) atoms. The van der Waals surface area contributed by atoms with Crippen LogP contribution < -0.4 is 27.4 Å². The molecule has 0 bridgehead atoms. The predicted molar refractivity (Wildman–Crippen MR) is 141 cm³/mol. The van der Waals surface area contributed by atoms with E-state index in [1.54, 1.807) is 25.4 Å². The van der Waals surface area contributed by atoms with Gasteiger partial charge in [0.1, 0.15) is 22.9 Å². The summed E-state index contributed by atoms with van der Waals surface area (Å²) in [5.74, 6) is 1.36. The van der Waals surface area contributed by atoms with Crippen LogP contribution in [-0.4, -0.2) is 45.4 Å². The van der Waals surface area contributed by atoms with Crippen LogP contribution in [0.25, 0.3) is 0 Å². The van der Waals surface area contributed by atoms with Crippen molar-refractivity contribution in [2.24, 2.45) is 5.73 Å². The van der Waals surface area contributed by atoms with Crippen LogP contribution >= 0.6 is 23.4 Å². The molecule has 5 rings (SSSR count). The Morgan fingerprint density at radius 2 is 1.97 bits per heavy atom. The van der Waals surface area contributed by atoms with Gasteiger partial charge in [-0.1, -0.05) is 35.5 Å². The molecule has 1 saturated heterocycles. The number of anilines is 4. The molecule has 1 unspecified atom stereocenters. The zero-order chi connectivity index (χ0) is 24.7. The number of nitrogens with two attached hydrogens (primary N) is 3. The highest BCUT2D eigenvalue weighted by atomic mass is 35.5. The minimum absolute atomic E-state index is 0.0316. The van der Waals surface area contributed by atoms with Crippen molar-refractivity contribution < 1.29 is 5.11 Å². The number of rotatable bonds is 5. The molecular formula is C24H29ClN8OS. The molecule has 1 fully saturated rings. The number of nitrogen functional groups attached to an aromatic ring is 2. The number of pyridine rings is 1. The van der Waals surface area contributed by atoms with Gasteiger partial charge in [0.25, 0.3) is 0 Å². The summed E-state index contributed by atoms with van der Waals surface area (Å²) in [5, 5.41) is 13.9. The standard InChI is InChI=1S/C24H29ClN8OS/c1-13(34)31-16-4-2-3-15-14(16)11-18(26)24(15)6-9-33(10-7-24)19-12-30-23(22(28)32-19)35-17-5-8-29-21(27)20(17)25/h2-5,8,12-13,18,31,34H,6-7,9-11,26H2,1H3,(H2,27,29)(H2,28,32)/t13?,18-/m1/s1. The monoisotopic (exact) mass is 512 g/mol. The van der Waals surface area contributed by atoms with Crippen molar-refractivity contribution in [2.45, 2.75) is 53.8 Å². The van der Waals surface area contributed by atoms with E-state index in [0.29, 0.717) is 15.9 Å². The van der Waals surface area contributed by atoms with Crippen LogP contribution in [0.4, 0.5) is 23.1 Å². The van der Waals surface area contributed by atoms with Gasteiger partial charge < -0.3 is 32.5 Å². The summed E-state index contributed by atoms with van der Waals surface area (Å²) >= 11 is 7.57. The fourth-order valence-corrected chi connectivity index (χ4v) is 6.28. The average Bonchev–Trinajstić information content (AvgIpc) is 3.10. The summed E-state index contributed by atoms with van der Waals surface area (Å²) in [4.78, 5) is 16.1. The Kier molecular flexibility index (Phi) is 6.39. The first-order chi connectivity index (χ1) is 16.8. The Bertz CT molecular complexity index is 1250. The fraction of sp³-hybridized carbons (Fsp3) is 0.375. The highest BCUT2D eigenvalue weighted by molar-refractivity contribution is 7.99. The lowest BCUT2D eigenvalue weighted by atomic mass is 9.71. The predicted octanol–water partition coefficient (Wildman–Crippen LogP) is 3.01. The van der Waals surface area contributed by atoms with E-state index in [9.17, 15) is 5.11 Å². The third kappa shape index (κ3) is 4.35. The van der Waals surface area contributed by atoms with E-state index in [2.05, 4.69) is 31.2 Å². The number of benzene rings is 1. The highest BCUT2D eigenvalue weighted by Gasteiger charge is 2.47. The second-order valence-corrected chi connectivity index (χ2v) is 10.5. The molecule has 184 valence electrons. The van der Waals surface area contributed by atoms with Crippen LogP contribution in [0.5, 0.6) is 0 Å². The first-order valence-electron chi connectivity index (χ1n) is 11.6. The number of piperidine rings is 1. The zero-order valence-electron chi connectivity index (χ0n) is 19.4. The van der Waals surface area contributed by atoms with Crippen molar-refractivity contribution in [3.05, 3.63) is 52.8 Å². The third-order valence-electron chi connectivity index (χ3n) is 7.03. The van der Waals surface area contributed by atoms with Gasteiger partial charge in [0.05, 0.1) is 11.2 Å². The minimum Gasteiger partial charge on any atom is -0.382 e. The van der Waals surface area contributed by atoms with Crippen molar-refractivity contribution in [1.82, 2.24) is 15.0 Å². The maximum atomic E-state index is 9.83. The molecule has 2 aromatic heterocycles. The Labute approximate surface area is 213 Å². The van der Waals surface area contributed by atoms with Crippen LogP contribution in [0.2, 0.25) is 5.02 Å². The number of halogens is 1. The Hall–Kier alpha value is -2.79. The number of nitrogens with zero attached hydrogens (tertiary/aromatic N) is 4. The van der Waals surface area contributed by atoms with Gasteiger partial charge in [0.2, 0.25) is 0 Å². The average molecular weight is 513 g/mol. The summed E-state index contributed by atoms with van der Waals surface area (Å²) in [5.41, 5.74) is 22.2. The van der Waals surface area contributed by atoms with Crippen molar-refractivity contribution in [1.29, 1.82) is 0 Å². The van der Waals surface area contributed by atoms with Gasteiger partial charge in [0, 0.05) is 41.3 Å². The van der Waals surface area contributed by atoms with Gasteiger partial charge in [-0.25, -0.2) is 15.0 Å². The maximum absolute atomic E-state index is 9.83. The topological polar surface area (TPSA) is 152 Å². The van der Waals surface area contributed by atoms with Crippen molar-refractivity contribution in [3.8, 4) is 0 Å². The molecule has 3 heterocycles. The van der Waals surface area contributed by atoms with E-state index < -0.39 is 6.23 Å². The molecule has 0 saturated carbocycles. The largest absolute Gasteiger partial charge is 0.382 e. The second-order valence-electron chi connectivity index (χ2n) is 9.13. The number of aliphatic hydroxyl groups excluding tert-OH is 1. The van der Waals surface area contributed by atoms with E-state index >= 15 is 0 Å².